The average molecular weight is 311 g/mol. The van der Waals surface area contributed by atoms with E-state index in [0.717, 1.165) is 35.9 Å². The first kappa shape index (κ1) is 15.3. The fourth-order valence-corrected chi connectivity index (χ4v) is 3.28. The van der Waals surface area contributed by atoms with Crippen molar-refractivity contribution >= 4 is 44.2 Å². The normalized spacial score (nSPS) is 12.6. The fourth-order valence-electron chi connectivity index (χ4n) is 2.13. The molecule has 0 aliphatic rings. The van der Waals surface area contributed by atoms with E-state index in [1.165, 1.54) is 11.3 Å². The highest BCUT2D eigenvalue weighted by molar-refractivity contribution is 7.22. The first-order chi connectivity index (χ1) is 9.63. The van der Waals surface area contributed by atoms with Gasteiger partial charge in [-0.3, -0.25) is 4.79 Å². The fraction of sp³-hybridized carbons (Fsp3) is 0.467. The summed E-state index contributed by atoms with van der Waals surface area (Å²) in [5.74, 6) is 0.150. The molecular weight excluding hydrogens is 292 g/mol. The van der Waals surface area contributed by atoms with E-state index in [0.29, 0.717) is 10.2 Å². The van der Waals surface area contributed by atoms with Gasteiger partial charge in [0.05, 0.1) is 10.2 Å². The Kier molecular flexibility index (Phi) is 5.38. The smallest absolute Gasteiger partial charge is 0.229 e. The number of halogens is 1. The van der Waals surface area contributed by atoms with Gasteiger partial charge >= 0.3 is 0 Å². The number of unbranched alkanes of at least 4 members (excludes halogenated alkanes) is 1. The van der Waals surface area contributed by atoms with Crippen molar-refractivity contribution in [1.29, 1.82) is 0 Å². The van der Waals surface area contributed by atoms with Gasteiger partial charge in [0, 0.05) is 10.9 Å². The van der Waals surface area contributed by atoms with Crippen molar-refractivity contribution in [3.8, 4) is 0 Å². The zero-order valence-corrected chi connectivity index (χ0v) is 13.4. The number of nitrogens with zero attached hydrogens (tertiary/aromatic N) is 1. The number of amides is 1. The molecule has 0 aliphatic heterocycles. The predicted molar refractivity (Wildman–Crippen MR) is 86.6 cm³/mol. The van der Waals surface area contributed by atoms with Crippen LogP contribution in [-0.4, -0.2) is 10.9 Å². The predicted octanol–water partition coefficient (Wildman–Crippen LogP) is 5.10. The van der Waals surface area contributed by atoms with Crippen LogP contribution < -0.4 is 5.32 Å². The Labute approximate surface area is 128 Å². The van der Waals surface area contributed by atoms with Gasteiger partial charge in [-0.05, 0) is 31.0 Å². The van der Waals surface area contributed by atoms with Crippen molar-refractivity contribution in [2.45, 2.75) is 39.5 Å². The summed E-state index contributed by atoms with van der Waals surface area (Å²) < 4.78 is 0.995. The molecule has 20 heavy (non-hydrogen) atoms. The van der Waals surface area contributed by atoms with Crippen LogP contribution in [0.15, 0.2) is 18.2 Å². The van der Waals surface area contributed by atoms with Crippen LogP contribution in [0.3, 0.4) is 0 Å². The second kappa shape index (κ2) is 7.04. The van der Waals surface area contributed by atoms with E-state index in [-0.39, 0.29) is 11.8 Å². The lowest BCUT2D eigenvalue weighted by Crippen LogP contribution is -2.22. The van der Waals surface area contributed by atoms with Gasteiger partial charge in [-0.25, -0.2) is 4.98 Å². The zero-order chi connectivity index (χ0) is 14.5. The summed E-state index contributed by atoms with van der Waals surface area (Å²) >= 11 is 7.42. The molecule has 1 atom stereocenters. The van der Waals surface area contributed by atoms with Crippen molar-refractivity contribution in [3.63, 3.8) is 0 Å². The Morgan fingerprint density at radius 2 is 2.25 bits per heavy atom. The molecule has 0 saturated carbocycles. The molecule has 0 bridgehead atoms. The number of aromatic nitrogens is 1. The molecule has 0 fully saturated rings. The molecule has 5 heteroatoms. The monoisotopic (exact) mass is 310 g/mol. The number of hydrogen-bond donors (Lipinski definition) is 1. The molecule has 0 spiro atoms. The van der Waals surface area contributed by atoms with Gasteiger partial charge < -0.3 is 5.32 Å². The minimum Gasteiger partial charge on any atom is -0.302 e. The highest BCUT2D eigenvalue weighted by Gasteiger charge is 2.17. The minimum atomic E-state index is 0.0746. The number of rotatable bonds is 6. The van der Waals surface area contributed by atoms with Gasteiger partial charge in [0.2, 0.25) is 5.91 Å². The molecule has 0 radical (unpaired) electrons. The number of benzene rings is 1. The Balaban J connectivity index is 2.08. The lowest BCUT2D eigenvalue weighted by atomic mass is 9.99. The summed E-state index contributed by atoms with van der Waals surface area (Å²) in [5.41, 5.74) is 0.872. The molecule has 0 aliphatic carbocycles. The number of thiazole rings is 1. The van der Waals surface area contributed by atoms with Crippen LogP contribution >= 0.6 is 22.9 Å². The first-order valence-electron chi connectivity index (χ1n) is 7.01. The molecule has 2 rings (SSSR count). The third kappa shape index (κ3) is 3.70. The maximum atomic E-state index is 12.2. The van der Waals surface area contributed by atoms with Gasteiger partial charge in [0.15, 0.2) is 5.13 Å². The number of anilines is 1. The second-order valence-corrected chi connectivity index (χ2v) is 6.33. The summed E-state index contributed by atoms with van der Waals surface area (Å²) in [6, 6.07) is 5.56. The van der Waals surface area contributed by atoms with Crippen LogP contribution in [-0.2, 0) is 4.79 Å². The van der Waals surface area contributed by atoms with Crippen molar-refractivity contribution in [2.75, 3.05) is 5.32 Å². The lowest BCUT2D eigenvalue weighted by Gasteiger charge is -2.12. The molecule has 0 saturated heterocycles. The average Bonchev–Trinajstić information content (AvgIpc) is 2.80. The quantitative estimate of drug-likeness (QED) is 0.806. The van der Waals surface area contributed by atoms with Crippen LogP contribution in [0.4, 0.5) is 5.13 Å². The van der Waals surface area contributed by atoms with Crippen LogP contribution in [0.5, 0.6) is 0 Å². The van der Waals surface area contributed by atoms with E-state index in [1.54, 1.807) is 0 Å². The molecule has 1 heterocycles. The van der Waals surface area contributed by atoms with E-state index in [2.05, 4.69) is 24.1 Å². The van der Waals surface area contributed by atoms with E-state index in [9.17, 15) is 4.79 Å². The van der Waals surface area contributed by atoms with E-state index >= 15 is 0 Å². The molecule has 1 amide bonds. The summed E-state index contributed by atoms with van der Waals surface area (Å²) in [6.07, 6.45) is 4.00. The molecule has 3 nitrogen and oxygen atoms in total. The Bertz CT molecular complexity index is 597. The molecule has 1 N–H and O–H groups in total. The highest BCUT2D eigenvalue weighted by Crippen LogP contribution is 2.29. The summed E-state index contributed by atoms with van der Waals surface area (Å²) in [7, 11) is 0. The Morgan fingerprint density at radius 1 is 1.45 bits per heavy atom. The van der Waals surface area contributed by atoms with Gasteiger partial charge in [0.1, 0.15) is 0 Å². The third-order valence-electron chi connectivity index (χ3n) is 3.35. The third-order valence-corrected chi connectivity index (χ3v) is 4.52. The van der Waals surface area contributed by atoms with Gasteiger partial charge in [-0.15, -0.1) is 0 Å². The highest BCUT2D eigenvalue weighted by atomic mass is 35.5. The van der Waals surface area contributed by atoms with Crippen molar-refractivity contribution in [1.82, 2.24) is 4.98 Å². The standard InChI is InChI=1S/C15H19ClN2OS/c1-3-5-6-10(4-2)14(19)18-15-17-12-8-7-11(16)9-13(12)20-15/h7-10H,3-6H2,1-2H3,(H,17,18,19)/t10-/m1/s1. The maximum Gasteiger partial charge on any atom is 0.229 e. The van der Waals surface area contributed by atoms with E-state index < -0.39 is 0 Å². The van der Waals surface area contributed by atoms with Crippen LogP contribution in [0.1, 0.15) is 39.5 Å². The topological polar surface area (TPSA) is 42.0 Å². The maximum absolute atomic E-state index is 12.2. The van der Waals surface area contributed by atoms with Gasteiger partial charge in [-0.2, -0.15) is 0 Å². The summed E-state index contributed by atoms with van der Waals surface area (Å²) in [5, 5.41) is 4.28. The van der Waals surface area contributed by atoms with Crippen molar-refractivity contribution < 1.29 is 4.79 Å². The van der Waals surface area contributed by atoms with Crippen molar-refractivity contribution in [2.24, 2.45) is 5.92 Å². The van der Waals surface area contributed by atoms with Gasteiger partial charge in [-0.1, -0.05) is 49.6 Å². The van der Waals surface area contributed by atoms with Crippen molar-refractivity contribution in [3.05, 3.63) is 23.2 Å². The molecular formula is C15H19ClN2OS. The Hall–Kier alpha value is -1.13. The SMILES string of the molecule is CCCC[C@@H](CC)C(=O)Nc1nc2ccc(Cl)cc2s1. The Morgan fingerprint density at radius 3 is 2.95 bits per heavy atom. The van der Waals surface area contributed by atoms with E-state index in [4.69, 9.17) is 11.6 Å². The number of nitrogens with one attached hydrogen (secondary N) is 1. The second-order valence-electron chi connectivity index (χ2n) is 4.87. The number of carbonyl (C=O) groups excluding carboxylic acids is 1. The summed E-state index contributed by atoms with van der Waals surface area (Å²) in [6.45, 7) is 4.19. The van der Waals surface area contributed by atoms with Crippen LogP contribution in [0.2, 0.25) is 5.02 Å². The largest absolute Gasteiger partial charge is 0.302 e. The molecule has 108 valence electrons. The molecule has 1 aromatic heterocycles. The zero-order valence-electron chi connectivity index (χ0n) is 11.8. The summed E-state index contributed by atoms with van der Waals surface area (Å²) in [4.78, 5) is 16.6. The van der Waals surface area contributed by atoms with E-state index in [1.807, 2.05) is 18.2 Å². The van der Waals surface area contributed by atoms with Crippen LogP contribution in [0, 0.1) is 5.92 Å². The minimum absolute atomic E-state index is 0.0746. The number of fused-ring (bicyclic) bond motifs is 1. The lowest BCUT2D eigenvalue weighted by molar-refractivity contribution is -0.120. The molecule has 1 aromatic carbocycles. The van der Waals surface area contributed by atoms with Gasteiger partial charge in [0.25, 0.3) is 0 Å². The number of hydrogen-bond acceptors (Lipinski definition) is 3. The molecule has 2 aromatic rings. The first-order valence-corrected chi connectivity index (χ1v) is 8.20. The number of carbonyl (C=O) groups is 1. The van der Waals surface area contributed by atoms with Crippen LogP contribution in [0.25, 0.3) is 10.2 Å². The molecule has 0 unspecified atom stereocenters.